The van der Waals surface area contributed by atoms with E-state index in [1.807, 2.05) is 7.05 Å². The van der Waals surface area contributed by atoms with Crippen molar-refractivity contribution in [1.82, 2.24) is 20.0 Å². The molecule has 0 bridgehead atoms. The Morgan fingerprint density at radius 3 is 2.87 bits per heavy atom. The van der Waals surface area contributed by atoms with Crippen molar-refractivity contribution in [3.8, 4) is 0 Å². The van der Waals surface area contributed by atoms with Crippen molar-refractivity contribution in [2.75, 3.05) is 72.2 Å². The first kappa shape index (κ1) is 18.9. The Kier molecular flexibility index (Phi) is 8.55. The molecule has 134 valence electrons. The Morgan fingerprint density at radius 1 is 1.22 bits per heavy atom. The average Bonchev–Trinajstić information content (AvgIpc) is 2.79. The molecule has 6 heteroatoms. The second-order valence-electron chi connectivity index (χ2n) is 6.67. The molecule has 0 spiro atoms. The van der Waals surface area contributed by atoms with Crippen LogP contribution in [0.1, 0.15) is 26.2 Å². The molecule has 2 rings (SSSR count). The lowest BCUT2D eigenvalue weighted by Gasteiger charge is -2.34. The van der Waals surface area contributed by atoms with Gasteiger partial charge in [0, 0.05) is 50.8 Å². The van der Waals surface area contributed by atoms with Crippen LogP contribution in [0.15, 0.2) is 4.99 Å². The topological polar surface area (TPSA) is 34.1 Å². The number of nitrogens with zero attached hydrogens (tertiary/aromatic N) is 4. The molecule has 0 aromatic heterocycles. The molecular weight excluding hydrogens is 306 g/mol. The molecule has 0 aliphatic carbocycles. The average molecular weight is 342 g/mol. The molecule has 2 fully saturated rings. The molecular formula is C17H35N5S. The van der Waals surface area contributed by atoms with Gasteiger partial charge in [0.1, 0.15) is 0 Å². The summed E-state index contributed by atoms with van der Waals surface area (Å²) in [6.07, 6.45) is 3.75. The second-order valence-corrected chi connectivity index (χ2v) is 8.08. The summed E-state index contributed by atoms with van der Waals surface area (Å²) >= 11 is 2.11. The zero-order chi connectivity index (χ0) is 16.5. The van der Waals surface area contributed by atoms with Crippen LogP contribution in [0.4, 0.5) is 0 Å². The van der Waals surface area contributed by atoms with Gasteiger partial charge in [0.15, 0.2) is 5.96 Å². The van der Waals surface area contributed by atoms with E-state index < -0.39 is 0 Å². The Labute approximate surface area is 146 Å². The molecule has 5 nitrogen and oxygen atoms in total. The summed E-state index contributed by atoms with van der Waals surface area (Å²) in [5, 5.41) is 4.34. The van der Waals surface area contributed by atoms with Crippen molar-refractivity contribution < 1.29 is 0 Å². The summed E-state index contributed by atoms with van der Waals surface area (Å²) < 4.78 is 0. The normalized spacial score (nSPS) is 25.4. The number of rotatable bonds is 5. The number of aliphatic imine (C=N–C) groups is 1. The van der Waals surface area contributed by atoms with Crippen LogP contribution in [0.25, 0.3) is 0 Å². The molecule has 2 saturated heterocycles. The maximum absolute atomic E-state index is 4.49. The molecule has 1 atom stereocenters. The van der Waals surface area contributed by atoms with E-state index in [4.69, 9.17) is 0 Å². The summed E-state index contributed by atoms with van der Waals surface area (Å²) in [6, 6.07) is 0. The first-order chi connectivity index (χ1) is 11.2. The van der Waals surface area contributed by atoms with Gasteiger partial charge < -0.3 is 20.0 Å². The third kappa shape index (κ3) is 6.51. The van der Waals surface area contributed by atoms with Gasteiger partial charge in [0.05, 0.1) is 0 Å². The van der Waals surface area contributed by atoms with Crippen molar-refractivity contribution in [3.05, 3.63) is 0 Å². The number of hydrogen-bond acceptors (Lipinski definition) is 4. The fraction of sp³-hybridized carbons (Fsp3) is 0.941. The quantitative estimate of drug-likeness (QED) is 0.465. The highest BCUT2D eigenvalue weighted by molar-refractivity contribution is 8.00. The Hall–Kier alpha value is -0.460. The van der Waals surface area contributed by atoms with Crippen LogP contribution in [-0.4, -0.2) is 98.1 Å². The van der Waals surface area contributed by atoms with E-state index in [1.54, 1.807) is 0 Å². The molecule has 2 aliphatic rings. The third-order valence-electron chi connectivity index (χ3n) is 4.85. The maximum Gasteiger partial charge on any atom is 0.193 e. The van der Waals surface area contributed by atoms with Crippen LogP contribution in [-0.2, 0) is 0 Å². The van der Waals surface area contributed by atoms with Crippen molar-refractivity contribution in [3.63, 3.8) is 0 Å². The minimum Gasteiger partial charge on any atom is -0.356 e. The van der Waals surface area contributed by atoms with E-state index in [0.717, 1.165) is 30.8 Å². The first-order valence-corrected chi connectivity index (χ1v) is 10.3. The van der Waals surface area contributed by atoms with Gasteiger partial charge in [0.2, 0.25) is 0 Å². The smallest absolute Gasteiger partial charge is 0.193 e. The van der Waals surface area contributed by atoms with Gasteiger partial charge in [-0.1, -0.05) is 6.92 Å². The summed E-state index contributed by atoms with van der Waals surface area (Å²) in [7, 11) is 4.14. The third-order valence-corrected chi connectivity index (χ3v) is 6.22. The molecule has 0 amide bonds. The monoisotopic (exact) mass is 341 g/mol. The highest BCUT2D eigenvalue weighted by Gasteiger charge is 2.21. The van der Waals surface area contributed by atoms with E-state index in [2.05, 4.69) is 50.7 Å². The summed E-state index contributed by atoms with van der Waals surface area (Å²) in [6.45, 7) is 11.7. The molecule has 0 radical (unpaired) electrons. The zero-order valence-electron chi connectivity index (χ0n) is 15.3. The van der Waals surface area contributed by atoms with E-state index in [0.29, 0.717) is 0 Å². The van der Waals surface area contributed by atoms with Crippen LogP contribution in [0.3, 0.4) is 0 Å². The SMILES string of the molecule is CCC1CN(C(=NC)NCCCN2CCCN(C)CC2)CCS1. The van der Waals surface area contributed by atoms with Crippen molar-refractivity contribution in [2.24, 2.45) is 4.99 Å². The molecule has 0 aromatic carbocycles. The predicted octanol–water partition coefficient (Wildman–Crippen LogP) is 1.42. The molecule has 0 saturated carbocycles. The van der Waals surface area contributed by atoms with Crippen LogP contribution < -0.4 is 5.32 Å². The fourth-order valence-corrected chi connectivity index (χ4v) is 4.50. The standard InChI is InChI=1S/C17H35N5S/c1-4-16-15-22(13-14-23-16)17(18-2)19-7-5-9-21-10-6-8-20(3)11-12-21/h16H,4-15H2,1-3H3,(H,18,19). The van der Waals surface area contributed by atoms with E-state index in [9.17, 15) is 0 Å². The lowest BCUT2D eigenvalue weighted by atomic mass is 10.3. The summed E-state index contributed by atoms with van der Waals surface area (Å²) in [5.41, 5.74) is 0. The van der Waals surface area contributed by atoms with E-state index in [-0.39, 0.29) is 0 Å². The number of likely N-dealkylation sites (N-methyl/N-ethyl adjacent to an activating group) is 1. The van der Waals surface area contributed by atoms with Gasteiger partial charge in [-0.3, -0.25) is 4.99 Å². The summed E-state index contributed by atoms with van der Waals surface area (Å²) in [5.74, 6) is 2.32. The highest BCUT2D eigenvalue weighted by Crippen LogP contribution is 2.20. The van der Waals surface area contributed by atoms with Crippen LogP contribution in [0.2, 0.25) is 0 Å². The molecule has 0 aromatic rings. The molecule has 2 aliphatic heterocycles. The number of guanidine groups is 1. The van der Waals surface area contributed by atoms with Gasteiger partial charge in [0.25, 0.3) is 0 Å². The maximum atomic E-state index is 4.49. The van der Waals surface area contributed by atoms with E-state index in [1.165, 1.54) is 57.7 Å². The minimum atomic E-state index is 0.761. The van der Waals surface area contributed by atoms with Gasteiger partial charge in [-0.15, -0.1) is 0 Å². The van der Waals surface area contributed by atoms with E-state index >= 15 is 0 Å². The van der Waals surface area contributed by atoms with Gasteiger partial charge in [-0.2, -0.15) is 11.8 Å². The first-order valence-electron chi connectivity index (χ1n) is 9.21. The van der Waals surface area contributed by atoms with Gasteiger partial charge in [-0.05, 0) is 45.9 Å². The Bertz CT molecular complexity index is 363. The number of thioether (sulfide) groups is 1. The number of hydrogen-bond donors (Lipinski definition) is 1. The molecule has 1 unspecified atom stereocenters. The molecule has 1 N–H and O–H groups in total. The highest BCUT2D eigenvalue weighted by atomic mass is 32.2. The zero-order valence-corrected chi connectivity index (χ0v) is 16.1. The van der Waals surface area contributed by atoms with Crippen LogP contribution in [0.5, 0.6) is 0 Å². The fourth-order valence-electron chi connectivity index (χ4n) is 3.32. The lowest BCUT2D eigenvalue weighted by molar-refractivity contribution is 0.273. The second kappa shape index (κ2) is 10.4. The van der Waals surface area contributed by atoms with Crippen LogP contribution in [0, 0.1) is 0 Å². The largest absolute Gasteiger partial charge is 0.356 e. The van der Waals surface area contributed by atoms with Crippen LogP contribution >= 0.6 is 11.8 Å². The lowest BCUT2D eigenvalue weighted by Crippen LogP contribution is -2.48. The summed E-state index contributed by atoms with van der Waals surface area (Å²) in [4.78, 5) is 12.0. The Morgan fingerprint density at radius 2 is 2.09 bits per heavy atom. The minimum absolute atomic E-state index is 0.761. The van der Waals surface area contributed by atoms with Crippen molar-refractivity contribution >= 4 is 17.7 Å². The number of nitrogens with one attached hydrogen (secondary N) is 1. The Balaban J connectivity index is 1.65. The molecule has 23 heavy (non-hydrogen) atoms. The van der Waals surface area contributed by atoms with Gasteiger partial charge >= 0.3 is 0 Å². The van der Waals surface area contributed by atoms with Gasteiger partial charge in [-0.25, -0.2) is 0 Å². The van der Waals surface area contributed by atoms with Crippen molar-refractivity contribution in [2.45, 2.75) is 31.4 Å². The van der Waals surface area contributed by atoms with Crippen molar-refractivity contribution in [1.29, 1.82) is 0 Å². The predicted molar refractivity (Wildman–Crippen MR) is 103 cm³/mol. The molecule has 2 heterocycles.